The fraction of sp³-hybridized carbons (Fsp3) is 0.333. The summed E-state index contributed by atoms with van der Waals surface area (Å²) in [5, 5.41) is 0.665. The number of nitrogens with zero attached hydrogens (tertiary/aromatic N) is 2. The van der Waals surface area contributed by atoms with Crippen molar-refractivity contribution >= 4 is 28.9 Å². The highest BCUT2D eigenvalue weighted by atomic mass is 35.5. The first kappa shape index (κ1) is 16.3. The van der Waals surface area contributed by atoms with Crippen molar-refractivity contribution in [1.29, 1.82) is 0 Å². The molecule has 0 unspecified atom stereocenters. The van der Waals surface area contributed by atoms with Gasteiger partial charge in [-0.15, -0.1) is 0 Å². The minimum absolute atomic E-state index is 0.0686. The smallest absolute Gasteiger partial charge is 0.248 e. The van der Waals surface area contributed by atoms with Gasteiger partial charge in [0.25, 0.3) is 0 Å². The zero-order valence-electron chi connectivity index (χ0n) is 14.3. The number of carbonyl (C=O) groups is 1. The molecular formula is C21H21ClN2O. The minimum atomic E-state index is 0.0686. The second kappa shape index (κ2) is 6.64. The lowest BCUT2D eigenvalue weighted by molar-refractivity contribution is -0.117. The standard InChI is InChI=1S/C21H21ClN2O/c1-14-5-2-3-8-17(14)21-18-11-16(22)9-10-19(18)24(20(25)12-23-21)13-15-6-4-7-15/h2-3,5,8-11,15H,4,6-7,12-13H2,1H3. The van der Waals surface area contributed by atoms with Gasteiger partial charge in [0.05, 0.1) is 11.4 Å². The van der Waals surface area contributed by atoms with Crippen LogP contribution in [-0.4, -0.2) is 24.7 Å². The van der Waals surface area contributed by atoms with Crippen LogP contribution in [0.5, 0.6) is 0 Å². The summed E-state index contributed by atoms with van der Waals surface area (Å²) >= 11 is 6.29. The number of hydrogen-bond acceptors (Lipinski definition) is 2. The number of benzene rings is 2. The van der Waals surface area contributed by atoms with Gasteiger partial charge in [0.1, 0.15) is 6.54 Å². The molecule has 0 aromatic heterocycles. The first-order valence-electron chi connectivity index (χ1n) is 8.84. The number of amides is 1. The lowest BCUT2D eigenvalue weighted by atomic mass is 9.85. The number of benzodiazepines with no additional fused rings is 1. The lowest BCUT2D eigenvalue weighted by Crippen LogP contribution is -2.38. The first-order chi connectivity index (χ1) is 12.1. The van der Waals surface area contributed by atoms with Crippen LogP contribution < -0.4 is 4.90 Å². The maximum absolute atomic E-state index is 12.8. The maximum Gasteiger partial charge on any atom is 0.248 e. The topological polar surface area (TPSA) is 32.7 Å². The van der Waals surface area contributed by atoms with E-state index in [2.05, 4.69) is 24.0 Å². The monoisotopic (exact) mass is 352 g/mol. The molecule has 0 saturated heterocycles. The molecule has 4 heteroatoms. The summed E-state index contributed by atoms with van der Waals surface area (Å²) in [6.45, 7) is 3.04. The summed E-state index contributed by atoms with van der Waals surface area (Å²) in [6.07, 6.45) is 3.68. The Morgan fingerprint density at radius 3 is 2.68 bits per heavy atom. The van der Waals surface area contributed by atoms with E-state index >= 15 is 0 Å². The van der Waals surface area contributed by atoms with Gasteiger partial charge in [-0.1, -0.05) is 42.3 Å². The highest BCUT2D eigenvalue weighted by molar-refractivity contribution is 6.32. The lowest BCUT2D eigenvalue weighted by Gasteiger charge is -2.32. The van der Waals surface area contributed by atoms with Crippen LogP contribution in [0.25, 0.3) is 0 Å². The highest BCUT2D eigenvalue weighted by Crippen LogP contribution is 2.34. The van der Waals surface area contributed by atoms with Crippen LogP contribution in [0.3, 0.4) is 0 Å². The molecule has 1 fully saturated rings. The van der Waals surface area contributed by atoms with Crippen LogP contribution in [-0.2, 0) is 4.79 Å². The van der Waals surface area contributed by atoms with Crippen molar-refractivity contribution in [3.63, 3.8) is 0 Å². The van der Waals surface area contributed by atoms with Gasteiger partial charge in [-0.25, -0.2) is 0 Å². The summed E-state index contributed by atoms with van der Waals surface area (Å²) < 4.78 is 0. The van der Waals surface area contributed by atoms with Crippen LogP contribution in [0.2, 0.25) is 5.02 Å². The van der Waals surface area contributed by atoms with E-state index in [0.717, 1.165) is 34.6 Å². The quantitative estimate of drug-likeness (QED) is 0.792. The van der Waals surface area contributed by atoms with E-state index in [1.807, 2.05) is 35.2 Å². The number of halogens is 1. The Bertz CT molecular complexity index is 855. The summed E-state index contributed by atoms with van der Waals surface area (Å²) in [7, 11) is 0. The van der Waals surface area contributed by atoms with E-state index in [0.29, 0.717) is 10.9 Å². The van der Waals surface area contributed by atoms with Crippen LogP contribution in [0.4, 0.5) is 5.69 Å². The number of carbonyl (C=O) groups excluding carboxylic acids is 1. The Morgan fingerprint density at radius 1 is 1.16 bits per heavy atom. The third kappa shape index (κ3) is 3.09. The predicted octanol–water partition coefficient (Wildman–Crippen LogP) is 4.63. The van der Waals surface area contributed by atoms with Crippen molar-refractivity contribution in [3.05, 3.63) is 64.2 Å². The third-order valence-corrected chi connectivity index (χ3v) is 5.48. The van der Waals surface area contributed by atoms with Gasteiger partial charge in [0.15, 0.2) is 0 Å². The molecule has 3 nitrogen and oxygen atoms in total. The number of anilines is 1. The largest absolute Gasteiger partial charge is 0.310 e. The third-order valence-electron chi connectivity index (χ3n) is 5.24. The van der Waals surface area contributed by atoms with Crippen LogP contribution >= 0.6 is 11.6 Å². The Labute approximate surface area is 153 Å². The van der Waals surface area contributed by atoms with Crippen LogP contribution in [0.15, 0.2) is 47.5 Å². The molecule has 0 spiro atoms. The van der Waals surface area contributed by atoms with Gasteiger partial charge in [-0.3, -0.25) is 9.79 Å². The van der Waals surface area contributed by atoms with Gasteiger partial charge in [0, 0.05) is 22.7 Å². The Kier molecular flexibility index (Phi) is 4.34. The van der Waals surface area contributed by atoms with E-state index in [4.69, 9.17) is 11.6 Å². The molecule has 1 saturated carbocycles. The fourth-order valence-corrected chi connectivity index (χ4v) is 3.76. The van der Waals surface area contributed by atoms with Crippen molar-refractivity contribution < 1.29 is 4.79 Å². The van der Waals surface area contributed by atoms with E-state index in [1.54, 1.807) is 0 Å². The van der Waals surface area contributed by atoms with E-state index in [9.17, 15) is 4.79 Å². The minimum Gasteiger partial charge on any atom is -0.310 e. The molecule has 0 N–H and O–H groups in total. The normalized spacial score (nSPS) is 17.6. The first-order valence-corrected chi connectivity index (χ1v) is 9.22. The molecule has 0 bridgehead atoms. The molecule has 1 aliphatic heterocycles. The molecule has 1 amide bonds. The van der Waals surface area contributed by atoms with Gasteiger partial charge >= 0.3 is 0 Å². The van der Waals surface area contributed by atoms with Crippen molar-refractivity contribution in [2.45, 2.75) is 26.2 Å². The number of hydrogen-bond donors (Lipinski definition) is 0. The molecule has 1 aliphatic carbocycles. The summed E-state index contributed by atoms with van der Waals surface area (Å²) in [6, 6.07) is 13.9. The second-order valence-electron chi connectivity index (χ2n) is 6.94. The number of aryl methyl sites for hydroxylation is 1. The summed E-state index contributed by atoms with van der Waals surface area (Å²) in [5.74, 6) is 0.673. The summed E-state index contributed by atoms with van der Waals surface area (Å²) in [5.41, 5.74) is 4.95. The Morgan fingerprint density at radius 2 is 1.96 bits per heavy atom. The molecule has 0 atom stereocenters. The van der Waals surface area contributed by atoms with Gasteiger partial charge in [0.2, 0.25) is 5.91 Å². The molecule has 4 rings (SSSR count). The fourth-order valence-electron chi connectivity index (χ4n) is 3.59. The van der Waals surface area contributed by atoms with Crippen LogP contribution in [0, 0.1) is 12.8 Å². The number of fused-ring (bicyclic) bond motifs is 1. The predicted molar refractivity (Wildman–Crippen MR) is 103 cm³/mol. The van der Waals surface area contributed by atoms with Crippen molar-refractivity contribution in [3.8, 4) is 0 Å². The van der Waals surface area contributed by atoms with Gasteiger partial charge < -0.3 is 4.90 Å². The van der Waals surface area contributed by atoms with Gasteiger partial charge in [-0.05, 0) is 49.4 Å². The summed E-state index contributed by atoms with van der Waals surface area (Å²) in [4.78, 5) is 19.4. The molecule has 0 radical (unpaired) electrons. The number of rotatable bonds is 3. The van der Waals surface area contributed by atoms with Crippen molar-refractivity contribution in [2.24, 2.45) is 10.9 Å². The second-order valence-corrected chi connectivity index (χ2v) is 7.38. The Hall–Kier alpha value is -2.13. The molecule has 1 heterocycles. The Balaban J connectivity index is 1.83. The molecule has 2 aromatic rings. The number of aliphatic imine (C=N–C) groups is 1. The van der Waals surface area contributed by atoms with Crippen LogP contribution in [0.1, 0.15) is 36.0 Å². The maximum atomic E-state index is 12.8. The van der Waals surface area contributed by atoms with Crippen molar-refractivity contribution in [1.82, 2.24) is 0 Å². The van der Waals surface area contributed by atoms with Gasteiger partial charge in [-0.2, -0.15) is 0 Å². The molecule has 25 heavy (non-hydrogen) atoms. The van der Waals surface area contributed by atoms with E-state index in [-0.39, 0.29) is 12.5 Å². The zero-order valence-corrected chi connectivity index (χ0v) is 15.1. The average molecular weight is 353 g/mol. The molecular weight excluding hydrogens is 332 g/mol. The van der Waals surface area contributed by atoms with E-state index in [1.165, 1.54) is 19.3 Å². The molecule has 128 valence electrons. The average Bonchev–Trinajstić information content (AvgIpc) is 2.68. The van der Waals surface area contributed by atoms with E-state index < -0.39 is 0 Å². The zero-order chi connectivity index (χ0) is 17.4. The molecule has 2 aliphatic rings. The highest BCUT2D eigenvalue weighted by Gasteiger charge is 2.29. The molecule has 2 aromatic carbocycles. The van der Waals surface area contributed by atoms with Crippen molar-refractivity contribution in [2.75, 3.05) is 18.0 Å². The SMILES string of the molecule is Cc1ccccc1C1=NCC(=O)N(CC2CCC2)c2ccc(Cl)cc21.